The Bertz CT molecular complexity index is 352. The summed E-state index contributed by atoms with van der Waals surface area (Å²) in [7, 11) is -5.03. The van der Waals surface area contributed by atoms with Crippen molar-refractivity contribution < 1.29 is 8.85 Å². The molecule has 0 saturated carbocycles. The lowest BCUT2D eigenvalue weighted by molar-refractivity contribution is 0.0657. The standard InChI is InChI=1S/C17H42O2Si3/c1-13-16(4,18-21(8,9)10)22(11,12)19-17(14-2,15-3)20(5,6)7/h13-15H2,1-12H3. The van der Waals surface area contributed by atoms with E-state index < -0.39 is 24.7 Å². The minimum Gasteiger partial charge on any atom is -0.412 e. The maximum absolute atomic E-state index is 7.09. The van der Waals surface area contributed by atoms with Gasteiger partial charge in [0, 0.05) is 5.22 Å². The fraction of sp³-hybridized carbons (Fsp3) is 1.00. The zero-order valence-electron chi connectivity index (χ0n) is 17.4. The zero-order chi connectivity index (χ0) is 18.0. The summed E-state index contributed by atoms with van der Waals surface area (Å²) in [6.45, 7) is 28.1. The maximum Gasteiger partial charge on any atom is 0.216 e. The summed E-state index contributed by atoms with van der Waals surface area (Å²) < 4.78 is 13.8. The van der Waals surface area contributed by atoms with Crippen molar-refractivity contribution >= 4 is 24.7 Å². The molecule has 0 aromatic carbocycles. The molecule has 0 aliphatic carbocycles. The van der Waals surface area contributed by atoms with Crippen LogP contribution >= 0.6 is 0 Å². The van der Waals surface area contributed by atoms with Crippen molar-refractivity contribution in [1.29, 1.82) is 0 Å². The molecule has 22 heavy (non-hydrogen) atoms. The third-order valence-electron chi connectivity index (χ3n) is 5.44. The minimum atomic E-state index is -2.01. The summed E-state index contributed by atoms with van der Waals surface area (Å²) in [5, 5.41) is -0.0331. The summed E-state index contributed by atoms with van der Waals surface area (Å²) in [5.41, 5.74) is 0. The van der Waals surface area contributed by atoms with Gasteiger partial charge in [-0.05, 0) is 58.9 Å². The van der Waals surface area contributed by atoms with Crippen LogP contribution in [0.4, 0.5) is 0 Å². The highest BCUT2D eigenvalue weighted by molar-refractivity contribution is 6.82. The predicted molar refractivity (Wildman–Crippen MR) is 108 cm³/mol. The Morgan fingerprint density at radius 1 is 0.682 bits per heavy atom. The van der Waals surface area contributed by atoms with E-state index in [9.17, 15) is 0 Å². The lowest BCUT2D eigenvalue weighted by Crippen LogP contribution is -2.66. The predicted octanol–water partition coefficient (Wildman–Crippen LogP) is 6.20. The normalized spacial score (nSPS) is 17.5. The molecular formula is C17H42O2Si3. The van der Waals surface area contributed by atoms with Crippen LogP contribution in [0.3, 0.4) is 0 Å². The van der Waals surface area contributed by atoms with Crippen molar-refractivity contribution in [3.63, 3.8) is 0 Å². The highest BCUT2D eigenvalue weighted by Crippen LogP contribution is 2.40. The number of rotatable bonds is 9. The van der Waals surface area contributed by atoms with Crippen molar-refractivity contribution in [2.45, 2.75) is 110 Å². The summed E-state index contributed by atoms with van der Waals surface area (Å²) in [5.74, 6) is 0. The molecule has 1 unspecified atom stereocenters. The number of hydrogen-bond acceptors (Lipinski definition) is 2. The molecule has 5 heteroatoms. The Morgan fingerprint density at radius 2 is 1.09 bits per heavy atom. The van der Waals surface area contributed by atoms with Crippen molar-refractivity contribution in [1.82, 2.24) is 0 Å². The van der Waals surface area contributed by atoms with Crippen LogP contribution in [0.15, 0.2) is 0 Å². The number of hydrogen-bond donors (Lipinski definition) is 0. The quantitative estimate of drug-likeness (QED) is 0.454. The van der Waals surface area contributed by atoms with Crippen LogP contribution in [0.5, 0.6) is 0 Å². The van der Waals surface area contributed by atoms with E-state index in [4.69, 9.17) is 8.85 Å². The van der Waals surface area contributed by atoms with Gasteiger partial charge < -0.3 is 8.85 Å². The van der Waals surface area contributed by atoms with E-state index in [1.807, 2.05) is 0 Å². The second-order valence-electron chi connectivity index (χ2n) is 9.36. The molecule has 0 radical (unpaired) electrons. The molecule has 0 aromatic heterocycles. The molecule has 2 nitrogen and oxygen atoms in total. The van der Waals surface area contributed by atoms with Gasteiger partial charge in [0.25, 0.3) is 0 Å². The van der Waals surface area contributed by atoms with Gasteiger partial charge in [-0.1, -0.05) is 40.4 Å². The first kappa shape index (κ1) is 22.6. The Kier molecular flexibility index (Phi) is 7.40. The van der Waals surface area contributed by atoms with Gasteiger partial charge in [-0.3, -0.25) is 0 Å². The molecule has 0 aliphatic heterocycles. The Hall–Kier alpha value is 0.571. The second kappa shape index (κ2) is 7.21. The van der Waals surface area contributed by atoms with Crippen LogP contribution in [0, 0.1) is 0 Å². The average molecular weight is 363 g/mol. The fourth-order valence-electron chi connectivity index (χ4n) is 3.50. The van der Waals surface area contributed by atoms with Gasteiger partial charge in [-0.25, -0.2) is 0 Å². The summed E-state index contributed by atoms with van der Waals surface area (Å²) in [4.78, 5) is 0. The van der Waals surface area contributed by atoms with Crippen LogP contribution in [0.2, 0.25) is 52.4 Å². The summed E-state index contributed by atoms with van der Waals surface area (Å²) in [6.07, 6.45) is 3.26. The van der Waals surface area contributed by atoms with E-state index in [0.29, 0.717) is 0 Å². The Morgan fingerprint density at radius 3 is 1.32 bits per heavy atom. The first-order valence-corrected chi connectivity index (χ1v) is 18.8. The van der Waals surface area contributed by atoms with E-state index in [-0.39, 0.29) is 10.4 Å². The molecule has 0 amide bonds. The van der Waals surface area contributed by atoms with Gasteiger partial charge in [0.05, 0.1) is 13.3 Å². The van der Waals surface area contributed by atoms with Gasteiger partial charge in [-0.15, -0.1) is 0 Å². The van der Waals surface area contributed by atoms with Crippen LogP contribution in [0.25, 0.3) is 0 Å². The molecule has 0 saturated heterocycles. The molecule has 134 valence electrons. The van der Waals surface area contributed by atoms with Crippen molar-refractivity contribution in [2.24, 2.45) is 0 Å². The molecule has 1 atom stereocenters. The van der Waals surface area contributed by atoms with Gasteiger partial charge >= 0.3 is 0 Å². The average Bonchev–Trinajstić information content (AvgIpc) is 2.32. The third kappa shape index (κ3) is 5.03. The van der Waals surface area contributed by atoms with Gasteiger partial charge in [0.15, 0.2) is 8.32 Å². The molecule has 0 N–H and O–H groups in total. The molecule has 0 heterocycles. The molecule has 0 aromatic rings. The highest BCUT2D eigenvalue weighted by atomic mass is 28.4. The molecular weight excluding hydrogens is 320 g/mol. The smallest absolute Gasteiger partial charge is 0.216 e. The molecule has 0 bridgehead atoms. The molecule has 0 spiro atoms. The van der Waals surface area contributed by atoms with E-state index in [1.165, 1.54) is 0 Å². The maximum atomic E-state index is 7.09. The fourth-order valence-corrected chi connectivity index (χ4v) is 13.3. The highest BCUT2D eigenvalue weighted by Gasteiger charge is 2.53. The van der Waals surface area contributed by atoms with Crippen molar-refractivity contribution in [3.05, 3.63) is 0 Å². The lowest BCUT2D eigenvalue weighted by atomic mass is 10.2. The first-order valence-electron chi connectivity index (χ1n) is 9.00. The monoisotopic (exact) mass is 362 g/mol. The third-order valence-corrected chi connectivity index (χ3v) is 14.4. The lowest BCUT2D eigenvalue weighted by Gasteiger charge is -2.53. The Balaban J connectivity index is 5.69. The van der Waals surface area contributed by atoms with E-state index in [1.54, 1.807) is 0 Å². The summed E-state index contributed by atoms with van der Waals surface area (Å²) >= 11 is 0. The van der Waals surface area contributed by atoms with E-state index in [2.05, 4.69) is 80.1 Å². The van der Waals surface area contributed by atoms with Crippen molar-refractivity contribution in [2.75, 3.05) is 0 Å². The second-order valence-corrected chi connectivity index (χ2v) is 23.5. The first-order chi connectivity index (χ1) is 9.60. The topological polar surface area (TPSA) is 18.5 Å². The SMILES string of the molecule is CCC(CC)(O[Si](C)(C)C(C)(CC)O[Si](C)(C)C)[Si](C)(C)C. The van der Waals surface area contributed by atoms with E-state index in [0.717, 1.165) is 19.3 Å². The van der Waals surface area contributed by atoms with Gasteiger partial charge in [-0.2, -0.15) is 0 Å². The minimum absolute atomic E-state index is 0.0714. The van der Waals surface area contributed by atoms with Crippen LogP contribution in [0.1, 0.15) is 47.0 Å². The van der Waals surface area contributed by atoms with E-state index >= 15 is 0 Å². The summed E-state index contributed by atoms with van der Waals surface area (Å²) in [6, 6.07) is 0. The molecule has 0 aliphatic rings. The van der Waals surface area contributed by atoms with Crippen LogP contribution < -0.4 is 0 Å². The molecule has 0 fully saturated rings. The van der Waals surface area contributed by atoms with Crippen LogP contribution in [-0.4, -0.2) is 35.2 Å². The van der Waals surface area contributed by atoms with Crippen LogP contribution in [-0.2, 0) is 8.85 Å². The molecule has 0 rings (SSSR count). The van der Waals surface area contributed by atoms with Crippen molar-refractivity contribution in [3.8, 4) is 0 Å². The Labute approximate surface area is 143 Å². The van der Waals surface area contributed by atoms with Gasteiger partial charge in [0.2, 0.25) is 8.32 Å². The van der Waals surface area contributed by atoms with Gasteiger partial charge in [0.1, 0.15) is 0 Å². The largest absolute Gasteiger partial charge is 0.412 e. The zero-order valence-corrected chi connectivity index (χ0v) is 20.4.